The third-order valence-corrected chi connectivity index (χ3v) is 2.82. The first kappa shape index (κ1) is 14.4. The van der Waals surface area contributed by atoms with Gasteiger partial charge >= 0.3 is 0 Å². The Kier molecular flexibility index (Phi) is 5.53. The lowest BCUT2D eigenvalue weighted by Gasteiger charge is -2.20. The topological polar surface area (TPSA) is 64.8 Å². The Labute approximate surface area is 109 Å². The maximum atomic E-state index is 8.82. The normalized spacial score (nSPS) is 10.7. The van der Waals surface area contributed by atoms with Gasteiger partial charge in [-0.2, -0.15) is 5.26 Å². The second-order valence-electron chi connectivity index (χ2n) is 4.68. The summed E-state index contributed by atoms with van der Waals surface area (Å²) in [5, 5.41) is 12.0. The van der Waals surface area contributed by atoms with E-state index in [1.807, 2.05) is 13.0 Å². The SMILES string of the molecule is Cc1cc(C#N)nc(NCCCN(C)C(C)C)n1. The van der Waals surface area contributed by atoms with Crippen molar-refractivity contribution in [3.63, 3.8) is 0 Å². The van der Waals surface area contributed by atoms with Gasteiger partial charge < -0.3 is 10.2 Å². The molecule has 5 heteroatoms. The molecule has 1 N–H and O–H groups in total. The van der Waals surface area contributed by atoms with Crippen LogP contribution in [0.3, 0.4) is 0 Å². The summed E-state index contributed by atoms with van der Waals surface area (Å²) in [6.45, 7) is 8.06. The third kappa shape index (κ3) is 4.68. The molecule has 1 heterocycles. The number of rotatable bonds is 6. The lowest BCUT2D eigenvalue weighted by molar-refractivity contribution is 0.273. The Bertz CT molecular complexity index is 422. The standard InChI is InChI=1S/C13H21N5/c1-10(2)18(4)7-5-6-15-13-16-11(3)8-12(9-14)17-13/h8,10H,5-7H2,1-4H3,(H,15,16,17). The molecular weight excluding hydrogens is 226 g/mol. The minimum atomic E-state index is 0.407. The summed E-state index contributed by atoms with van der Waals surface area (Å²) in [5.41, 5.74) is 1.22. The first-order valence-corrected chi connectivity index (χ1v) is 6.23. The third-order valence-electron chi connectivity index (χ3n) is 2.82. The van der Waals surface area contributed by atoms with Gasteiger partial charge in [0.15, 0.2) is 0 Å². The van der Waals surface area contributed by atoms with Gasteiger partial charge in [-0.25, -0.2) is 9.97 Å². The zero-order valence-electron chi connectivity index (χ0n) is 11.6. The molecule has 0 radical (unpaired) electrons. The van der Waals surface area contributed by atoms with E-state index in [4.69, 9.17) is 5.26 Å². The van der Waals surface area contributed by atoms with Gasteiger partial charge in [0.1, 0.15) is 11.8 Å². The molecule has 1 rings (SSSR count). The van der Waals surface area contributed by atoms with Gasteiger partial charge in [0.05, 0.1) is 0 Å². The zero-order chi connectivity index (χ0) is 13.5. The van der Waals surface area contributed by atoms with Gasteiger partial charge in [0, 0.05) is 18.3 Å². The van der Waals surface area contributed by atoms with E-state index in [0.29, 0.717) is 17.7 Å². The summed E-state index contributed by atoms with van der Waals surface area (Å²) in [5.74, 6) is 0.541. The lowest BCUT2D eigenvalue weighted by atomic mass is 10.3. The van der Waals surface area contributed by atoms with Crippen molar-refractivity contribution in [3.05, 3.63) is 17.5 Å². The molecule has 0 saturated heterocycles. The quantitative estimate of drug-likeness (QED) is 0.776. The molecule has 0 amide bonds. The molecule has 18 heavy (non-hydrogen) atoms. The number of aromatic nitrogens is 2. The van der Waals surface area contributed by atoms with E-state index in [0.717, 1.165) is 25.2 Å². The number of hydrogen-bond acceptors (Lipinski definition) is 5. The Morgan fingerprint density at radius 1 is 1.44 bits per heavy atom. The Morgan fingerprint density at radius 2 is 2.17 bits per heavy atom. The summed E-state index contributed by atoms with van der Waals surface area (Å²) in [7, 11) is 2.11. The van der Waals surface area contributed by atoms with Gasteiger partial charge in [-0.05, 0) is 46.9 Å². The van der Waals surface area contributed by atoms with Crippen LogP contribution in [0.2, 0.25) is 0 Å². The molecule has 0 spiro atoms. The fourth-order valence-corrected chi connectivity index (χ4v) is 1.49. The van der Waals surface area contributed by atoms with E-state index in [-0.39, 0.29) is 0 Å². The van der Waals surface area contributed by atoms with Crippen LogP contribution in [-0.2, 0) is 0 Å². The summed E-state index contributed by atoms with van der Waals surface area (Å²) in [4.78, 5) is 10.6. The second-order valence-corrected chi connectivity index (χ2v) is 4.68. The number of nitrogens with one attached hydrogen (secondary N) is 1. The molecule has 0 unspecified atom stereocenters. The monoisotopic (exact) mass is 247 g/mol. The number of anilines is 1. The van der Waals surface area contributed by atoms with Crippen LogP contribution in [0, 0.1) is 18.3 Å². The fraction of sp³-hybridized carbons (Fsp3) is 0.615. The van der Waals surface area contributed by atoms with E-state index >= 15 is 0 Å². The number of aryl methyl sites for hydroxylation is 1. The predicted octanol–water partition coefficient (Wildman–Crippen LogP) is 1.80. The van der Waals surface area contributed by atoms with Crippen molar-refractivity contribution in [1.29, 1.82) is 5.26 Å². The average molecular weight is 247 g/mol. The van der Waals surface area contributed by atoms with Gasteiger partial charge in [0.2, 0.25) is 5.95 Å². The highest BCUT2D eigenvalue weighted by Gasteiger charge is 2.03. The van der Waals surface area contributed by atoms with Gasteiger partial charge in [-0.1, -0.05) is 0 Å². The molecule has 0 atom stereocenters. The first-order valence-electron chi connectivity index (χ1n) is 6.23. The number of nitrogens with zero attached hydrogens (tertiary/aromatic N) is 4. The molecule has 0 aliphatic heterocycles. The van der Waals surface area contributed by atoms with Crippen LogP contribution in [0.1, 0.15) is 31.7 Å². The van der Waals surface area contributed by atoms with Crippen molar-refractivity contribution in [3.8, 4) is 6.07 Å². The molecule has 0 saturated carbocycles. The minimum Gasteiger partial charge on any atom is -0.354 e. The molecule has 1 aromatic rings. The molecule has 98 valence electrons. The first-order chi connectivity index (χ1) is 8.52. The van der Waals surface area contributed by atoms with Crippen molar-refractivity contribution in [1.82, 2.24) is 14.9 Å². The molecular formula is C13H21N5. The largest absolute Gasteiger partial charge is 0.354 e. The maximum Gasteiger partial charge on any atom is 0.224 e. The van der Waals surface area contributed by atoms with Crippen LogP contribution < -0.4 is 5.32 Å². The van der Waals surface area contributed by atoms with E-state index in [1.54, 1.807) is 6.07 Å². The Balaban J connectivity index is 2.40. The summed E-state index contributed by atoms with van der Waals surface area (Å²) in [6.07, 6.45) is 1.02. The van der Waals surface area contributed by atoms with E-state index in [2.05, 4.69) is 41.1 Å². The zero-order valence-corrected chi connectivity index (χ0v) is 11.6. The molecule has 0 fully saturated rings. The summed E-state index contributed by atoms with van der Waals surface area (Å²) >= 11 is 0. The van der Waals surface area contributed by atoms with Crippen molar-refractivity contribution in [2.45, 2.75) is 33.2 Å². The molecule has 5 nitrogen and oxygen atoms in total. The minimum absolute atomic E-state index is 0.407. The molecule has 0 bridgehead atoms. The van der Waals surface area contributed by atoms with Gasteiger partial charge in [-0.15, -0.1) is 0 Å². The molecule has 0 aromatic carbocycles. The van der Waals surface area contributed by atoms with Crippen molar-refractivity contribution >= 4 is 5.95 Å². The van der Waals surface area contributed by atoms with Crippen LogP contribution in [0.25, 0.3) is 0 Å². The second kappa shape index (κ2) is 6.92. The smallest absolute Gasteiger partial charge is 0.224 e. The number of nitriles is 1. The van der Waals surface area contributed by atoms with Gasteiger partial charge in [-0.3, -0.25) is 0 Å². The van der Waals surface area contributed by atoms with Crippen LogP contribution in [0.15, 0.2) is 6.07 Å². The fourth-order valence-electron chi connectivity index (χ4n) is 1.49. The molecule has 0 aliphatic carbocycles. The molecule has 0 aliphatic rings. The van der Waals surface area contributed by atoms with E-state index in [9.17, 15) is 0 Å². The van der Waals surface area contributed by atoms with Crippen LogP contribution in [0.4, 0.5) is 5.95 Å². The lowest BCUT2D eigenvalue weighted by Crippen LogP contribution is -2.28. The summed E-state index contributed by atoms with van der Waals surface area (Å²) < 4.78 is 0. The van der Waals surface area contributed by atoms with Crippen LogP contribution in [0.5, 0.6) is 0 Å². The van der Waals surface area contributed by atoms with E-state index < -0.39 is 0 Å². The van der Waals surface area contributed by atoms with Crippen LogP contribution >= 0.6 is 0 Å². The highest BCUT2D eigenvalue weighted by molar-refractivity contribution is 5.32. The van der Waals surface area contributed by atoms with Crippen LogP contribution in [-0.4, -0.2) is 41.0 Å². The van der Waals surface area contributed by atoms with Crippen molar-refractivity contribution < 1.29 is 0 Å². The summed E-state index contributed by atoms with van der Waals surface area (Å²) in [6, 6.07) is 4.27. The van der Waals surface area contributed by atoms with Crippen molar-refractivity contribution in [2.24, 2.45) is 0 Å². The highest BCUT2D eigenvalue weighted by atomic mass is 15.1. The Hall–Kier alpha value is -1.67. The van der Waals surface area contributed by atoms with E-state index in [1.165, 1.54) is 0 Å². The van der Waals surface area contributed by atoms with Gasteiger partial charge in [0.25, 0.3) is 0 Å². The maximum absolute atomic E-state index is 8.82. The Morgan fingerprint density at radius 3 is 2.78 bits per heavy atom. The number of hydrogen-bond donors (Lipinski definition) is 1. The average Bonchev–Trinajstić information content (AvgIpc) is 2.33. The predicted molar refractivity (Wildman–Crippen MR) is 72.4 cm³/mol. The highest BCUT2D eigenvalue weighted by Crippen LogP contribution is 2.04. The molecule has 1 aromatic heterocycles. The van der Waals surface area contributed by atoms with Crippen molar-refractivity contribution in [2.75, 3.05) is 25.5 Å².